The summed E-state index contributed by atoms with van der Waals surface area (Å²) in [6, 6.07) is 7.96. The van der Waals surface area contributed by atoms with Crippen molar-refractivity contribution in [1.29, 1.82) is 5.26 Å². The molecule has 0 atom stereocenters. The summed E-state index contributed by atoms with van der Waals surface area (Å²) in [6.07, 6.45) is 0. The van der Waals surface area contributed by atoms with Crippen molar-refractivity contribution in [2.45, 2.75) is 6.92 Å². The molecule has 0 aliphatic rings. The molecule has 0 spiro atoms. The van der Waals surface area contributed by atoms with Gasteiger partial charge < -0.3 is 4.74 Å². The Bertz CT molecular complexity index is 317. The molecule has 2 nitrogen and oxygen atoms in total. The minimum absolute atomic E-state index is 0.357. The van der Waals surface area contributed by atoms with Gasteiger partial charge in [0.25, 0.3) is 0 Å². The summed E-state index contributed by atoms with van der Waals surface area (Å²) in [7, 11) is 0. The standard InChI is InChI=1S/C9H7ClNO/c1-2-12-9-7(6-11)4-3-5-8(9)10/h3-4H,2H2,1H3. The van der Waals surface area contributed by atoms with Gasteiger partial charge in [0, 0.05) is 6.07 Å². The van der Waals surface area contributed by atoms with Gasteiger partial charge in [-0.25, -0.2) is 0 Å². The molecule has 0 aliphatic carbocycles. The molecule has 0 fully saturated rings. The summed E-state index contributed by atoms with van der Waals surface area (Å²) >= 11 is 5.76. The van der Waals surface area contributed by atoms with Crippen molar-refractivity contribution in [2.75, 3.05) is 6.61 Å². The fourth-order valence-electron chi connectivity index (χ4n) is 0.831. The second-order valence-corrected chi connectivity index (χ2v) is 2.46. The second-order valence-electron chi connectivity index (χ2n) is 2.08. The highest BCUT2D eigenvalue weighted by atomic mass is 35.5. The summed E-state index contributed by atoms with van der Waals surface area (Å²) in [5.41, 5.74) is 0.445. The Morgan fingerprint density at radius 2 is 2.50 bits per heavy atom. The average Bonchev–Trinajstić information content (AvgIpc) is 2.09. The van der Waals surface area contributed by atoms with Crippen molar-refractivity contribution in [3.05, 3.63) is 28.8 Å². The molecule has 1 rings (SSSR count). The van der Waals surface area contributed by atoms with E-state index in [0.717, 1.165) is 0 Å². The van der Waals surface area contributed by atoms with E-state index in [1.165, 1.54) is 0 Å². The number of halogens is 1. The lowest BCUT2D eigenvalue weighted by Crippen LogP contribution is -1.94. The number of ether oxygens (including phenoxy) is 1. The first-order chi connectivity index (χ1) is 5.79. The quantitative estimate of drug-likeness (QED) is 0.700. The Balaban J connectivity index is 3.13. The van der Waals surface area contributed by atoms with E-state index in [4.69, 9.17) is 21.6 Å². The summed E-state index contributed by atoms with van der Waals surface area (Å²) < 4.78 is 5.17. The number of nitrogens with zero attached hydrogens (tertiary/aromatic N) is 1. The van der Waals surface area contributed by atoms with Gasteiger partial charge in [-0.2, -0.15) is 5.26 Å². The average molecular weight is 181 g/mol. The van der Waals surface area contributed by atoms with Gasteiger partial charge in [-0.1, -0.05) is 17.7 Å². The highest BCUT2D eigenvalue weighted by Gasteiger charge is 2.06. The highest BCUT2D eigenvalue weighted by Crippen LogP contribution is 2.27. The van der Waals surface area contributed by atoms with Crippen LogP contribution in [0.15, 0.2) is 12.1 Å². The van der Waals surface area contributed by atoms with Crippen LogP contribution in [-0.2, 0) is 0 Å². The summed E-state index contributed by atoms with van der Waals surface area (Å²) in [5.74, 6) is 0.421. The van der Waals surface area contributed by atoms with Gasteiger partial charge in [0.1, 0.15) is 6.07 Å². The molecule has 0 aromatic heterocycles. The second kappa shape index (κ2) is 3.99. The molecule has 1 aromatic rings. The van der Waals surface area contributed by atoms with E-state index in [-0.39, 0.29) is 0 Å². The number of hydrogen-bond acceptors (Lipinski definition) is 2. The predicted molar refractivity (Wildman–Crippen MR) is 46.2 cm³/mol. The largest absolute Gasteiger partial charge is 0.491 e. The molecule has 0 saturated heterocycles. The topological polar surface area (TPSA) is 33.0 Å². The van der Waals surface area contributed by atoms with Crippen LogP contribution in [0.4, 0.5) is 0 Å². The molecule has 0 unspecified atom stereocenters. The Hall–Kier alpha value is -1.20. The molecule has 1 radical (unpaired) electrons. The number of benzene rings is 1. The molecular weight excluding hydrogens is 174 g/mol. The summed E-state index contributed by atoms with van der Waals surface area (Å²) in [4.78, 5) is 0. The van der Waals surface area contributed by atoms with Crippen molar-refractivity contribution < 1.29 is 4.74 Å². The van der Waals surface area contributed by atoms with Crippen LogP contribution in [-0.4, -0.2) is 6.61 Å². The number of nitriles is 1. The summed E-state index contributed by atoms with van der Waals surface area (Å²) in [5, 5.41) is 9.02. The molecule has 1 aromatic carbocycles. The van der Waals surface area contributed by atoms with Gasteiger partial charge in [0.05, 0.1) is 17.2 Å². The third-order valence-electron chi connectivity index (χ3n) is 1.31. The molecule has 0 heterocycles. The fraction of sp³-hybridized carbons (Fsp3) is 0.222. The molecule has 0 amide bonds. The Morgan fingerprint density at radius 1 is 1.75 bits per heavy atom. The maximum Gasteiger partial charge on any atom is 0.156 e. The minimum atomic E-state index is 0.357. The smallest absolute Gasteiger partial charge is 0.156 e. The summed E-state index contributed by atoms with van der Waals surface area (Å²) in [6.45, 7) is 2.33. The van der Waals surface area contributed by atoms with Crippen LogP contribution in [0.25, 0.3) is 0 Å². The van der Waals surface area contributed by atoms with E-state index >= 15 is 0 Å². The van der Waals surface area contributed by atoms with E-state index in [0.29, 0.717) is 22.9 Å². The highest BCUT2D eigenvalue weighted by molar-refractivity contribution is 6.32. The van der Waals surface area contributed by atoms with E-state index in [2.05, 4.69) is 6.07 Å². The van der Waals surface area contributed by atoms with Crippen LogP contribution >= 0.6 is 11.6 Å². The van der Waals surface area contributed by atoms with Gasteiger partial charge in [-0.05, 0) is 13.0 Å². The monoisotopic (exact) mass is 180 g/mol. The number of hydrogen-bond donors (Lipinski definition) is 0. The maximum atomic E-state index is 8.67. The van der Waals surface area contributed by atoms with Crippen molar-refractivity contribution in [3.63, 3.8) is 0 Å². The molecule has 61 valence electrons. The lowest BCUT2D eigenvalue weighted by molar-refractivity contribution is 0.339. The van der Waals surface area contributed by atoms with Gasteiger partial charge in [-0.15, -0.1) is 0 Å². The lowest BCUT2D eigenvalue weighted by Gasteiger charge is -2.05. The van der Waals surface area contributed by atoms with E-state index in [1.54, 1.807) is 12.1 Å². The van der Waals surface area contributed by atoms with Gasteiger partial charge in [0.15, 0.2) is 5.75 Å². The molecule has 12 heavy (non-hydrogen) atoms. The normalized spacial score (nSPS) is 9.08. The molecule has 0 aliphatic heterocycles. The Kier molecular flexibility index (Phi) is 2.95. The molecule has 0 bridgehead atoms. The zero-order valence-electron chi connectivity index (χ0n) is 6.60. The molecular formula is C9H7ClNO. The van der Waals surface area contributed by atoms with E-state index in [1.807, 2.05) is 13.0 Å². The van der Waals surface area contributed by atoms with Crippen molar-refractivity contribution in [2.24, 2.45) is 0 Å². The maximum absolute atomic E-state index is 8.67. The third-order valence-corrected chi connectivity index (χ3v) is 1.59. The van der Waals surface area contributed by atoms with E-state index in [9.17, 15) is 0 Å². The first kappa shape index (κ1) is 8.89. The third kappa shape index (κ3) is 1.69. The molecule has 0 saturated carbocycles. The van der Waals surface area contributed by atoms with Crippen LogP contribution in [0, 0.1) is 17.4 Å². The van der Waals surface area contributed by atoms with Crippen LogP contribution in [0.1, 0.15) is 12.5 Å². The molecule has 0 N–H and O–H groups in total. The van der Waals surface area contributed by atoms with Gasteiger partial charge >= 0.3 is 0 Å². The first-order valence-electron chi connectivity index (χ1n) is 3.52. The first-order valence-corrected chi connectivity index (χ1v) is 3.90. The van der Waals surface area contributed by atoms with Gasteiger partial charge in [0.2, 0.25) is 0 Å². The molecule has 3 heteroatoms. The Labute approximate surface area is 76.3 Å². The van der Waals surface area contributed by atoms with Crippen molar-refractivity contribution in [1.82, 2.24) is 0 Å². The predicted octanol–water partition coefficient (Wildman–Crippen LogP) is 2.41. The minimum Gasteiger partial charge on any atom is -0.491 e. The van der Waals surface area contributed by atoms with Gasteiger partial charge in [-0.3, -0.25) is 0 Å². The van der Waals surface area contributed by atoms with Crippen LogP contribution in [0.3, 0.4) is 0 Å². The SMILES string of the molecule is CCOc1c(Cl)[c]ccc1C#N. The lowest BCUT2D eigenvalue weighted by atomic mass is 10.2. The van der Waals surface area contributed by atoms with Crippen molar-refractivity contribution in [3.8, 4) is 11.8 Å². The number of rotatable bonds is 2. The fourth-order valence-corrected chi connectivity index (χ4v) is 1.05. The van der Waals surface area contributed by atoms with Crippen LogP contribution in [0.5, 0.6) is 5.75 Å². The Morgan fingerprint density at radius 3 is 3.08 bits per heavy atom. The van der Waals surface area contributed by atoms with Crippen LogP contribution < -0.4 is 4.74 Å². The zero-order chi connectivity index (χ0) is 8.97. The van der Waals surface area contributed by atoms with E-state index < -0.39 is 0 Å². The van der Waals surface area contributed by atoms with Crippen molar-refractivity contribution >= 4 is 11.6 Å². The zero-order valence-corrected chi connectivity index (χ0v) is 7.35. The van der Waals surface area contributed by atoms with Crippen LogP contribution in [0.2, 0.25) is 5.02 Å².